The molecule has 3 rings (SSSR count). The number of aromatic nitrogens is 2. The minimum atomic E-state index is -0.112. The van der Waals surface area contributed by atoms with Gasteiger partial charge in [0.1, 0.15) is 6.10 Å². The maximum Gasteiger partial charge on any atom is 0.258 e. The summed E-state index contributed by atoms with van der Waals surface area (Å²) in [5, 5.41) is 13.7. The van der Waals surface area contributed by atoms with Crippen molar-refractivity contribution in [2.75, 3.05) is 14.2 Å². The van der Waals surface area contributed by atoms with Crippen molar-refractivity contribution in [2.24, 2.45) is 5.92 Å². The molecule has 1 aromatic heterocycles. The average molecular weight is 276 g/mol. The fourth-order valence-electron chi connectivity index (χ4n) is 2.20. The van der Waals surface area contributed by atoms with Crippen molar-refractivity contribution < 1.29 is 19.1 Å². The van der Waals surface area contributed by atoms with Crippen molar-refractivity contribution in [3.05, 3.63) is 24.0 Å². The highest BCUT2D eigenvalue weighted by molar-refractivity contribution is 5.59. The van der Waals surface area contributed by atoms with Gasteiger partial charge < -0.3 is 19.1 Å². The fraction of sp³-hybridized carbons (Fsp3) is 0.429. The molecule has 0 spiro atoms. The summed E-state index contributed by atoms with van der Waals surface area (Å²) in [5.41, 5.74) is 0.646. The molecule has 0 radical (unpaired) electrons. The molecule has 1 saturated carbocycles. The van der Waals surface area contributed by atoms with Crippen molar-refractivity contribution in [1.29, 1.82) is 0 Å². The van der Waals surface area contributed by atoms with E-state index in [1.54, 1.807) is 19.2 Å². The highest BCUT2D eigenvalue weighted by atomic mass is 16.5. The summed E-state index contributed by atoms with van der Waals surface area (Å²) in [7, 11) is 3.15. The van der Waals surface area contributed by atoms with Crippen LogP contribution in [0.25, 0.3) is 11.5 Å². The van der Waals surface area contributed by atoms with Crippen LogP contribution in [0.5, 0.6) is 11.5 Å². The number of aromatic hydroxyl groups is 1. The molecule has 0 aliphatic heterocycles. The molecular weight excluding hydrogens is 260 g/mol. The average Bonchev–Trinajstić information content (AvgIpc) is 3.16. The Labute approximate surface area is 116 Å². The first-order chi connectivity index (χ1) is 9.72. The Bertz CT molecular complexity index is 607. The van der Waals surface area contributed by atoms with Gasteiger partial charge in [0.25, 0.3) is 5.89 Å². The molecule has 0 bridgehead atoms. The van der Waals surface area contributed by atoms with Crippen LogP contribution >= 0.6 is 0 Å². The standard InChI is InChI=1S/C14H16N2O4/c1-18-11-6-5-9(7-10(11)17)14-15-13(16-20-14)12(19-2)8-3-4-8/h5-8,12,17H,3-4H2,1-2H3. The molecule has 6 heteroatoms. The molecule has 2 aromatic rings. The first-order valence-electron chi connectivity index (χ1n) is 6.46. The van der Waals surface area contributed by atoms with Gasteiger partial charge in [-0.15, -0.1) is 0 Å². The minimum absolute atomic E-state index is 0.0373. The van der Waals surface area contributed by atoms with Gasteiger partial charge in [-0.05, 0) is 37.0 Å². The number of benzene rings is 1. The second kappa shape index (κ2) is 5.13. The maximum absolute atomic E-state index is 9.77. The zero-order chi connectivity index (χ0) is 14.1. The Hall–Kier alpha value is -2.08. The Morgan fingerprint density at radius 3 is 2.75 bits per heavy atom. The second-order valence-electron chi connectivity index (χ2n) is 4.84. The predicted molar refractivity (Wildman–Crippen MR) is 70.4 cm³/mol. The fourth-order valence-corrected chi connectivity index (χ4v) is 2.20. The van der Waals surface area contributed by atoms with Crippen molar-refractivity contribution >= 4 is 0 Å². The van der Waals surface area contributed by atoms with E-state index in [2.05, 4.69) is 10.1 Å². The first kappa shape index (κ1) is 12.9. The number of hydrogen-bond acceptors (Lipinski definition) is 6. The molecule has 1 N–H and O–H groups in total. The lowest BCUT2D eigenvalue weighted by atomic mass is 10.2. The van der Waals surface area contributed by atoms with E-state index >= 15 is 0 Å². The largest absolute Gasteiger partial charge is 0.504 e. The SMILES string of the molecule is COc1ccc(-c2nc(C(OC)C3CC3)no2)cc1O. The van der Waals surface area contributed by atoms with Crippen molar-refractivity contribution in [2.45, 2.75) is 18.9 Å². The van der Waals surface area contributed by atoms with Gasteiger partial charge in [-0.1, -0.05) is 5.16 Å². The molecule has 1 heterocycles. The maximum atomic E-state index is 9.77. The third-order valence-electron chi connectivity index (χ3n) is 3.43. The molecule has 1 aliphatic carbocycles. The zero-order valence-corrected chi connectivity index (χ0v) is 11.4. The van der Waals surface area contributed by atoms with Gasteiger partial charge in [0, 0.05) is 12.7 Å². The zero-order valence-electron chi connectivity index (χ0n) is 11.4. The van der Waals surface area contributed by atoms with Crippen molar-refractivity contribution in [1.82, 2.24) is 10.1 Å². The van der Waals surface area contributed by atoms with Crippen LogP contribution in [0.1, 0.15) is 24.8 Å². The normalized spacial score (nSPS) is 16.1. The van der Waals surface area contributed by atoms with Gasteiger partial charge in [0.15, 0.2) is 11.5 Å². The van der Waals surface area contributed by atoms with Crippen LogP contribution < -0.4 is 4.74 Å². The van der Waals surface area contributed by atoms with E-state index < -0.39 is 0 Å². The predicted octanol–water partition coefficient (Wildman–Crippen LogP) is 2.55. The molecular formula is C14H16N2O4. The Kier molecular flexibility index (Phi) is 3.31. The van der Waals surface area contributed by atoms with E-state index in [1.807, 2.05) is 0 Å². The van der Waals surface area contributed by atoms with Crippen LogP contribution in [0.2, 0.25) is 0 Å². The smallest absolute Gasteiger partial charge is 0.258 e. The highest BCUT2D eigenvalue weighted by Gasteiger charge is 2.35. The molecule has 6 nitrogen and oxygen atoms in total. The van der Waals surface area contributed by atoms with Gasteiger partial charge >= 0.3 is 0 Å². The summed E-state index contributed by atoms with van der Waals surface area (Å²) in [6.07, 6.45) is 2.15. The molecule has 1 atom stereocenters. The van der Waals surface area contributed by atoms with E-state index in [1.165, 1.54) is 13.2 Å². The topological polar surface area (TPSA) is 77.6 Å². The van der Waals surface area contributed by atoms with Gasteiger partial charge in [-0.25, -0.2) is 0 Å². The Morgan fingerprint density at radius 1 is 1.35 bits per heavy atom. The number of phenols is 1. The molecule has 0 saturated heterocycles. The Morgan fingerprint density at radius 2 is 2.15 bits per heavy atom. The molecule has 106 valence electrons. The summed E-state index contributed by atoms with van der Waals surface area (Å²) in [4.78, 5) is 4.35. The Balaban J connectivity index is 1.87. The van der Waals surface area contributed by atoms with E-state index in [0.29, 0.717) is 28.9 Å². The summed E-state index contributed by atoms with van der Waals surface area (Å²) in [5.74, 6) is 1.84. The number of phenolic OH excluding ortho intramolecular Hbond substituents is 1. The number of methoxy groups -OCH3 is 2. The lowest BCUT2D eigenvalue weighted by Gasteiger charge is -2.08. The van der Waals surface area contributed by atoms with Gasteiger partial charge in [-0.3, -0.25) is 0 Å². The lowest BCUT2D eigenvalue weighted by Crippen LogP contribution is -2.05. The first-order valence-corrected chi connectivity index (χ1v) is 6.46. The summed E-state index contributed by atoms with van der Waals surface area (Å²) < 4.78 is 15.7. The molecule has 1 aromatic carbocycles. The number of rotatable bonds is 5. The minimum Gasteiger partial charge on any atom is -0.504 e. The third kappa shape index (κ3) is 2.34. The molecule has 20 heavy (non-hydrogen) atoms. The quantitative estimate of drug-likeness (QED) is 0.904. The van der Waals surface area contributed by atoms with E-state index in [-0.39, 0.29) is 11.9 Å². The summed E-state index contributed by atoms with van der Waals surface area (Å²) in [6.45, 7) is 0. The number of hydrogen-bond donors (Lipinski definition) is 1. The van der Waals surface area contributed by atoms with Crippen LogP contribution in [0.3, 0.4) is 0 Å². The second-order valence-corrected chi connectivity index (χ2v) is 4.84. The lowest BCUT2D eigenvalue weighted by molar-refractivity contribution is 0.0751. The highest BCUT2D eigenvalue weighted by Crippen LogP contribution is 2.42. The number of nitrogens with zero attached hydrogens (tertiary/aromatic N) is 2. The molecule has 1 aliphatic rings. The molecule has 1 unspecified atom stereocenters. The third-order valence-corrected chi connectivity index (χ3v) is 3.43. The van der Waals surface area contributed by atoms with Crippen LogP contribution in [0.15, 0.2) is 22.7 Å². The van der Waals surface area contributed by atoms with E-state index in [9.17, 15) is 5.11 Å². The summed E-state index contributed by atoms with van der Waals surface area (Å²) in [6, 6.07) is 4.95. The molecule has 0 amide bonds. The van der Waals surface area contributed by atoms with Crippen LogP contribution in [-0.4, -0.2) is 29.5 Å². The summed E-state index contributed by atoms with van der Waals surface area (Å²) >= 11 is 0. The van der Waals surface area contributed by atoms with Crippen molar-refractivity contribution in [3.8, 4) is 23.0 Å². The van der Waals surface area contributed by atoms with Gasteiger partial charge in [0.2, 0.25) is 5.82 Å². The van der Waals surface area contributed by atoms with Crippen LogP contribution in [0, 0.1) is 5.92 Å². The van der Waals surface area contributed by atoms with Crippen LogP contribution in [-0.2, 0) is 4.74 Å². The molecule has 1 fully saturated rings. The van der Waals surface area contributed by atoms with E-state index in [0.717, 1.165) is 12.8 Å². The monoisotopic (exact) mass is 276 g/mol. The number of ether oxygens (including phenoxy) is 2. The van der Waals surface area contributed by atoms with Gasteiger partial charge in [0.05, 0.1) is 7.11 Å². The van der Waals surface area contributed by atoms with E-state index in [4.69, 9.17) is 14.0 Å². The van der Waals surface area contributed by atoms with Crippen LogP contribution in [0.4, 0.5) is 0 Å². The van der Waals surface area contributed by atoms with Crippen molar-refractivity contribution in [3.63, 3.8) is 0 Å². The van der Waals surface area contributed by atoms with Gasteiger partial charge in [-0.2, -0.15) is 4.98 Å².